The van der Waals surface area contributed by atoms with Gasteiger partial charge in [0.15, 0.2) is 0 Å². The van der Waals surface area contributed by atoms with Gasteiger partial charge in [-0.2, -0.15) is 4.68 Å². The van der Waals surface area contributed by atoms with Gasteiger partial charge in [-0.25, -0.2) is 9.97 Å². The highest BCUT2D eigenvalue weighted by Crippen LogP contribution is 2.12. The number of aromatic nitrogens is 5. The van der Waals surface area contributed by atoms with E-state index in [1.54, 1.807) is 24.2 Å². The molecule has 0 bridgehead atoms. The minimum absolute atomic E-state index is 0.518. The number of fused-ring (bicyclic) bond motifs is 1. The number of ether oxygens (including phenoxy) is 1. The van der Waals surface area contributed by atoms with Crippen LogP contribution < -0.4 is 5.32 Å². The second kappa shape index (κ2) is 6.38. The molecule has 2 aromatic heterocycles. The molecule has 7 heteroatoms. The Bertz CT molecular complexity index is 709. The Balaban J connectivity index is 1.75. The van der Waals surface area contributed by atoms with Crippen molar-refractivity contribution in [3.8, 4) is 5.95 Å². The number of hydrogen-bond donors (Lipinski definition) is 1. The molecule has 0 fully saturated rings. The van der Waals surface area contributed by atoms with Crippen molar-refractivity contribution in [1.82, 2.24) is 30.3 Å². The molecule has 2 heterocycles. The number of nitrogens with one attached hydrogen (secondary N) is 1. The molecule has 0 saturated heterocycles. The summed E-state index contributed by atoms with van der Waals surface area (Å²) in [6, 6.07) is 7.72. The van der Waals surface area contributed by atoms with Crippen molar-refractivity contribution in [3.63, 3.8) is 0 Å². The topological polar surface area (TPSA) is 77.8 Å². The Hall–Kier alpha value is -2.38. The fraction of sp³-hybridized carbons (Fsp3) is 0.286. The summed E-state index contributed by atoms with van der Waals surface area (Å²) in [5.41, 5.74) is 2.73. The Kier molecular flexibility index (Phi) is 4.13. The van der Waals surface area contributed by atoms with Gasteiger partial charge in [0.1, 0.15) is 5.52 Å². The molecule has 7 nitrogen and oxygen atoms in total. The largest absolute Gasteiger partial charge is 0.383 e. The van der Waals surface area contributed by atoms with Crippen LogP contribution in [0.1, 0.15) is 5.56 Å². The molecule has 0 atom stereocenters. The molecule has 3 rings (SSSR count). The summed E-state index contributed by atoms with van der Waals surface area (Å²) >= 11 is 0. The first-order valence-corrected chi connectivity index (χ1v) is 6.70. The van der Waals surface area contributed by atoms with Gasteiger partial charge in [-0.05, 0) is 12.1 Å². The SMILES string of the molecule is COCCNCc1cnc(-n2nnc3ccccc32)nc1. The summed E-state index contributed by atoms with van der Waals surface area (Å²) in [5, 5.41) is 11.4. The quantitative estimate of drug-likeness (QED) is 0.679. The lowest BCUT2D eigenvalue weighted by molar-refractivity contribution is 0.199. The predicted molar refractivity (Wildman–Crippen MR) is 78.0 cm³/mol. The predicted octanol–water partition coefficient (Wildman–Crippen LogP) is 0.946. The van der Waals surface area contributed by atoms with Gasteiger partial charge in [-0.15, -0.1) is 5.10 Å². The van der Waals surface area contributed by atoms with Crippen LogP contribution in [0.2, 0.25) is 0 Å². The van der Waals surface area contributed by atoms with Crippen molar-refractivity contribution in [2.45, 2.75) is 6.54 Å². The van der Waals surface area contributed by atoms with Crippen LogP contribution in [-0.2, 0) is 11.3 Å². The Morgan fingerprint density at radius 1 is 1.19 bits per heavy atom. The fourth-order valence-corrected chi connectivity index (χ4v) is 1.97. The zero-order valence-electron chi connectivity index (χ0n) is 11.7. The molecule has 0 aliphatic heterocycles. The molecular formula is C14H16N6O. The van der Waals surface area contributed by atoms with Crippen LogP contribution >= 0.6 is 0 Å². The molecule has 0 spiro atoms. The second-order valence-corrected chi connectivity index (χ2v) is 4.55. The third-order valence-corrected chi connectivity index (χ3v) is 3.05. The average molecular weight is 284 g/mol. The molecule has 3 aromatic rings. The number of nitrogens with zero attached hydrogens (tertiary/aromatic N) is 5. The minimum Gasteiger partial charge on any atom is -0.383 e. The molecule has 0 saturated carbocycles. The van der Waals surface area contributed by atoms with E-state index in [1.165, 1.54) is 0 Å². The number of methoxy groups -OCH3 is 1. The molecule has 1 aromatic carbocycles. The molecular weight excluding hydrogens is 268 g/mol. The van der Waals surface area contributed by atoms with Crippen molar-refractivity contribution in [2.24, 2.45) is 0 Å². The van der Waals surface area contributed by atoms with Crippen molar-refractivity contribution in [2.75, 3.05) is 20.3 Å². The van der Waals surface area contributed by atoms with Gasteiger partial charge in [-0.3, -0.25) is 0 Å². The van der Waals surface area contributed by atoms with E-state index in [0.717, 1.165) is 23.1 Å². The van der Waals surface area contributed by atoms with Crippen molar-refractivity contribution in [1.29, 1.82) is 0 Å². The van der Waals surface area contributed by atoms with E-state index in [-0.39, 0.29) is 0 Å². The minimum atomic E-state index is 0.518. The maximum absolute atomic E-state index is 4.98. The van der Waals surface area contributed by atoms with E-state index < -0.39 is 0 Å². The van der Waals surface area contributed by atoms with Crippen molar-refractivity contribution < 1.29 is 4.74 Å². The maximum Gasteiger partial charge on any atom is 0.252 e. The highest BCUT2D eigenvalue weighted by Gasteiger charge is 2.07. The van der Waals surface area contributed by atoms with Gasteiger partial charge in [-0.1, -0.05) is 17.3 Å². The molecule has 21 heavy (non-hydrogen) atoms. The molecule has 0 unspecified atom stereocenters. The number of benzene rings is 1. The number of hydrogen-bond acceptors (Lipinski definition) is 6. The number of rotatable bonds is 6. The van der Waals surface area contributed by atoms with Gasteiger partial charge in [0.25, 0.3) is 5.95 Å². The highest BCUT2D eigenvalue weighted by molar-refractivity contribution is 5.75. The zero-order valence-corrected chi connectivity index (χ0v) is 11.7. The van der Waals surface area contributed by atoms with Crippen LogP contribution in [0, 0.1) is 0 Å². The third kappa shape index (κ3) is 3.04. The molecule has 0 amide bonds. The van der Waals surface area contributed by atoms with Crippen molar-refractivity contribution in [3.05, 3.63) is 42.2 Å². The zero-order chi connectivity index (χ0) is 14.5. The normalized spacial score (nSPS) is 11.1. The van der Waals surface area contributed by atoms with E-state index in [1.807, 2.05) is 24.3 Å². The lowest BCUT2D eigenvalue weighted by Gasteiger charge is -2.04. The first-order chi connectivity index (χ1) is 10.4. The van der Waals surface area contributed by atoms with Gasteiger partial charge in [0.2, 0.25) is 0 Å². The van der Waals surface area contributed by atoms with Crippen molar-refractivity contribution >= 4 is 11.0 Å². The standard InChI is InChI=1S/C14H16N6O/c1-21-7-6-15-8-11-9-16-14(17-10-11)20-13-5-3-2-4-12(13)18-19-20/h2-5,9-10,15H,6-8H2,1H3. The van der Waals surface area contributed by atoms with E-state index in [9.17, 15) is 0 Å². The first-order valence-electron chi connectivity index (χ1n) is 6.70. The molecule has 0 aliphatic carbocycles. The van der Waals surface area contributed by atoms with Crippen LogP contribution in [0.5, 0.6) is 0 Å². The Morgan fingerprint density at radius 3 is 2.81 bits per heavy atom. The maximum atomic E-state index is 4.98. The average Bonchev–Trinajstić information content (AvgIpc) is 2.96. The van der Waals surface area contributed by atoms with Crippen LogP contribution in [0.4, 0.5) is 0 Å². The van der Waals surface area contributed by atoms with Gasteiger partial charge < -0.3 is 10.1 Å². The highest BCUT2D eigenvalue weighted by atomic mass is 16.5. The summed E-state index contributed by atoms with van der Waals surface area (Å²) in [5.74, 6) is 0.518. The van der Waals surface area contributed by atoms with E-state index in [0.29, 0.717) is 19.1 Å². The van der Waals surface area contributed by atoms with E-state index >= 15 is 0 Å². The number of para-hydroxylation sites is 1. The lowest BCUT2D eigenvalue weighted by Crippen LogP contribution is -2.19. The van der Waals surface area contributed by atoms with Crippen LogP contribution in [-0.4, -0.2) is 45.2 Å². The third-order valence-electron chi connectivity index (χ3n) is 3.05. The first kappa shape index (κ1) is 13.6. The van der Waals surface area contributed by atoms with Gasteiger partial charge >= 0.3 is 0 Å². The van der Waals surface area contributed by atoms with E-state index in [4.69, 9.17) is 4.74 Å². The molecule has 0 radical (unpaired) electrons. The Morgan fingerprint density at radius 2 is 2.00 bits per heavy atom. The Labute approximate surface area is 122 Å². The van der Waals surface area contributed by atoms with Gasteiger partial charge in [0, 0.05) is 38.2 Å². The molecule has 1 N–H and O–H groups in total. The summed E-state index contributed by atoms with van der Waals surface area (Å²) in [6.07, 6.45) is 3.58. The fourth-order valence-electron chi connectivity index (χ4n) is 1.97. The smallest absolute Gasteiger partial charge is 0.252 e. The lowest BCUT2D eigenvalue weighted by atomic mass is 10.3. The van der Waals surface area contributed by atoms with Gasteiger partial charge in [0.05, 0.1) is 12.1 Å². The van der Waals surface area contributed by atoms with Crippen LogP contribution in [0.25, 0.3) is 17.0 Å². The molecule has 108 valence electrons. The van der Waals surface area contributed by atoms with E-state index in [2.05, 4.69) is 25.6 Å². The second-order valence-electron chi connectivity index (χ2n) is 4.55. The van der Waals surface area contributed by atoms with Crippen LogP contribution in [0.15, 0.2) is 36.7 Å². The summed E-state index contributed by atoms with van der Waals surface area (Å²) in [4.78, 5) is 8.70. The van der Waals surface area contributed by atoms with Crippen LogP contribution in [0.3, 0.4) is 0 Å². The monoisotopic (exact) mass is 284 g/mol. The summed E-state index contributed by atoms with van der Waals surface area (Å²) < 4.78 is 6.61. The summed E-state index contributed by atoms with van der Waals surface area (Å²) in [7, 11) is 1.68. The molecule has 0 aliphatic rings. The summed E-state index contributed by atoms with van der Waals surface area (Å²) in [6.45, 7) is 2.19.